The summed E-state index contributed by atoms with van der Waals surface area (Å²) < 4.78 is 5.29. The SMILES string of the molecule is COc1ccc(C2CC(c3ccc(Cl)cc3)=NN2c2ccc(Cl)c(Cl)c2)cc1. The number of methoxy groups -OCH3 is 1. The molecule has 0 bridgehead atoms. The van der Waals surface area contributed by atoms with Crippen LogP contribution in [-0.4, -0.2) is 12.8 Å². The number of halogens is 3. The minimum Gasteiger partial charge on any atom is -0.497 e. The van der Waals surface area contributed by atoms with Crippen LogP contribution in [0.3, 0.4) is 0 Å². The molecule has 0 saturated heterocycles. The molecule has 142 valence electrons. The maximum absolute atomic E-state index is 6.26. The van der Waals surface area contributed by atoms with Crippen molar-refractivity contribution in [2.45, 2.75) is 12.5 Å². The first-order valence-corrected chi connectivity index (χ1v) is 9.90. The minimum absolute atomic E-state index is 0.0360. The van der Waals surface area contributed by atoms with Gasteiger partial charge in [0.2, 0.25) is 0 Å². The monoisotopic (exact) mass is 430 g/mol. The van der Waals surface area contributed by atoms with Gasteiger partial charge in [-0.3, -0.25) is 5.01 Å². The van der Waals surface area contributed by atoms with Crippen LogP contribution in [0, 0.1) is 0 Å². The lowest BCUT2D eigenvalue weighted by molar-refractivity contribution is 0.414. The van der Waals surface area contributed by atoms with Crippen molar-refractivity contribution in [3.8, 4) is 5.75 Å². The normalized spacial score (nSPS) is 16.2. The average Bonchev–Trinajstić information content (AvgIpc) is 3.16. The number of benzene rings is 3. The molecule has 1 aliphatic rings. The molecule has 1 unspecified atom stereocenters. The van der Waals surface area contributed by atoms with Gasteiger partial charge in [-0.15, -0.1) is 0 Å². The summed E-state index contributed by atoms with van der Waals surface area (Å²) in [6, 6.07) is 21.4. The number of anilines is 1. The molecule has 28 heavy (non-hydrogen) atoms. The van der Waals surface area contributed by atoms with E-state index >= 15 is 0 Å². The Morgan fingerprint density at radius 2 is 1.61 bits per heavy atom. The Kier molecular flexibility index (Phi) is 5.49. The van der Waals surface area contributed by atoms with Crippen molar-refractivity contribution in [3.63, 3.8) is 0 Å². The molecule has 0 aromatic heterocycles. The quantitative estimate of drug-likeness (QED) is 0.444. The minimum atomic E-state index is 0.0360. The third-order valence-corrected chi connectivity index (χ3v) is 5.75. The van der Waals surface area contributed by atoms with E-state index < -0.39 is 0 Å². The van der Waals surface area contributed by atoms with Gasteiger partial charge >= 0.3 is 0 Å². The first-order valence-electron chi connectivity index (χ1n) is 8.77. The van der Waals surface area contributed by atoms with E-state index in [4.69, 9.17) is 44.6 Å². The zero-order valence-corrected chi connectivity index (χ0v) is 17.3. The van der Waals surface area contributed by atoms with E-state index in [9.17, 15) is 0 Å². The molecular formula is C22H17Cl3N2O. The summed E-state index contributed by atoms with van der Waals surface area (Å²) in [5.41, 5.74) is 4.06. The first-order chi connectivity index (χ1) is 13.5. The van der Waals surface area contributed by atoms with Crippen LogP contribution in [0.2, 0.25) is 15.1 Å². The molecule has 0 saturated carbocycles. The Morgan fingerprint density at radius 1 is 0.893 bits per heavy atom. The van der Waals surface area contributed by atoms with Gasteiger partial charge in [-0.05, 0) is 53.6 Å². The molecule has 0 amide bonds. The van der Waals surface area contributed by atoms with Crippen molar-refractivity contribution >= 4 is 46.2 Å². The highest BCUT2D eigenvalue weighted by molar-refractivity contribution is 6.42. The van der Waals surface area contributed by atoms with Gasteiger partial charge in [0.05, 0.1) is 34.6 Å². The summed E-state index contributed by atoms with van der Waals surface area (Å²) >= 11 is 18.4. The highest BCUT2D eigenvalue weighted by Crippen LogP contribution is 2.39. The Morgan fingerprint density at radius 3 is 2.25 bits per heavy atom. The second-order valence-electron chi connectivity index (χ2n) is 6.49. The van der Waals surface area contributed by atoms with E-state index in [1.165, 1.54) is 0 Å². The third kappa shape index (κ3) is 3.83. The van der Waals surface area contributed by atoms with Gasteiger partial charge in [0, 0.05) is 11.4 Å². The van der Waals surface area contributed by atoms with Crippen LogP contribution in [-0.2, 0) is 0 Å². The van der Waals surface area contributed by atoms with Crippen molar-refractivity contribution in [1.29, 1.82) is 0 Å². The molecule has 1 heterocycles. The van der Waals surface area contributed by atoms with Gasteiger partial charge in [-0.2, -0.15) is 5.10 Å². The fraction of sp³-hybridized carbons (Fsp3) is 0.136. The van der Waals surface area contributed by atoms with Crippen molar-refractivity contribution in [2.24, 2.45) is 5.10 Å². The summed E-state index contributed by atoms with van der Waals surface area (Å²) in [6.07, 6.45) is 0.758. The van der Waals surface area contributed by atoms with Gasteiger partial charge in [0.15, 0.2) is 0 Å². The number of hydrogen-bond donors (Lipinski definition) is 0. The zero-order valence-electron chi connectivity index (χ0n) is 15.1. The molecule has 0 N–H and O–H groups in total. The van der Waals surface area contributed by atoms with E-state index in [-0.39, 0.29) is 6.04 Å². The summed E-state index contributed by atoms with van der Waals surface area (Å²) in [6.45, 7) is 0. The fourth-order valence-electron chi connectivity index (χ4n) is 3.28. The molecule has 3 aromatic carbocycles. The van der Waals surface area contributed by atoms with Gasteiger partial charge in [-0.25, -0.2) is 0 Å². The lowest BCUT2D eigenvalue weighted by Gasteiger charge is -2.24. The van der Waals surface area contributed by atoms with Gasteiger partial charge in [-0.1, -0.05) is 59.1 Å². The van der Waals surface area contributed by atoms with Crippen LogP contribution in [0.15, 0.2) is 71.8 Å². The molecule has 1 atom stereocenters. The van der Waals surface area contributed by atoms with E-state index in [0.29, 0.717) is 15.1 Å². The highest BCUT2D eigenvalue weighted by Gasteiger charge is 2.30. The predicted molar refractivity (Wildman–Crippen MR) is 117 cm³/mol. The second-order valence-corrected chi connectivity index (χ2v) is 7.74. The molecule has 3 nitrogen and oxygen atoms in total. The molecule has 4 rings (SSSR count). The first kappa shape index (κ1) is 19.1. The van der Waals surface area contributed by atoms with Crippen LogP contribution in [0.1, 0.15) is 23.6 Å². The number of hydrogen-bond acceptors (Lipinski definition) is 3. The van der Waals surface area contributed by atoms with Crippen LogP contribution in [0.5, 0.6) is 5.75 Å². The second kappa shape index (κ2) is 8.04. The van der Waals surface area contributed by atoms with Crippen LogP contribution in [0.25, 0.3) is 0 Å². The fourth-order valence-corrected chi connectivity index (χ4v) is 3.70. The number of ether oxygens (including phenoxy) is 1. The lowest BCUT2D eigenvalue weighted by Crippen LogP contribution is -2.18. The van der Waals surface area contributed by atoms with Crippen molar-refractivity contribution in [2.75, 3.05) is 12.1 Å². The molecule has 6 heteroatoms. The van der Waals surface area contributed by atoms with E-state index in [2.05, 4.69) is 12.1 Å². The van der Waals surface area contributed by atoms with Crippen LogP contribution < -0.4 is 9.75 Å². The van der Waals surface area contributed by atoms with E-state index in [1.807, 2.05) is 53.5 Å². The molecule has 3 aromatic rings. The molecular weight excluding hydrogens is 415 g/mol. The molecule has 0 spiro atoms. The Hall–Kier alpha value is -2.20. The van der Waals surface area contributed by atoms with Gasteiger partial charge in [0.1, 0.15) is 5.75 Å². The molecule has 0 radical (unpaired) electrons. The summed E-state index contributed by atoms with van der Waals surface area (Å²) in [7, 11) is 1.66. The number of rotatable bonds is 4. The summed E-state index contributed by atoms with van der Waals surface area (Å²) in [5.74, 6) is 0.821. The zero-order chi connectivity index (χ0) is 19.7. The highest BCUT2D eigenvalue weighted by atomic mass is 35.5. The lowest BCUT2D eigenvalue weighted by atomic mass is 9.98. The van der Waals surface area contributed by atoms with Crippen molar-refractivity contribution < 1.29 is 4.74 Å². The van der Waals surface area contributed by atoms with Crippen molar-refractivity contribution in [3.05, 3.63) is 92.9 Å². The molecule has 0 fully saturated rings. The third-order valence-electron chi connectivity index (χ3n) is 4.76. The standard InChI is InChI=1S/C22H17Cl3N2O/c1-28-18-9-4-15(5-10-18)22-13-21(14-2-6-16(23)7-3-14)26-27(22)17-8-11-19(24)20(25)12-17/h2-12,22H,13H2,1H3. The Labute approximate surface area is 179 Å². The van der Waals surface area contributed by atoms with Gasteiger partial charge < -0.3 is 4.74 Å². The number of hydrazone groups is 1. The maximum Gasteiger partial charge on any atom is 0.118 e. The van der Waals surface area contributed by atoms with Gasteiger partial charge in [0.25, 0.3) is 0 Å². The molecule has 1 aliphatic heterocycles. The molecule has 0 aliphatic carbocycles. The van der Waals surface area contributed by atoms with E-state index in [0.717, 1.165) is 34.7 Å². The summed E-state index contributed by atoms with van der Waals surface area (Å²) in [5, 5.41) is 8.62. The summed E-state index contributed by atoms with van der Waals surface area (Å²) in [4.78, 5) is 0. The Bertz CT molecular complexity index is 1020. The predicted octanol–water partition coefficient (Wildman–Crippen LogP) is 7.01. The number of nitrogens with zero attached hydrogens (tertiary/aromatic N) is 2. The average molecular weight is 432 g/mol. The largest absolute Gasteiger partial charge is 0.497 e. The Balaban J connectivity index is 1.74. The van der Waals surface area contributed by atoms with Crippen LogP contribution >= 0.6 is 34.8 Å². The topological polar surface area (TPSA) is 24.8 Å². The van der Waals surface area contributed by atoms with E-state index in [1.54, 1.807) is 13.2 Å². The smallest absolute Gasteiger partial charge is 0.118 e. The van der Waals surface area contributed by atoms with Crippen LogP contribution in [0.4, 0.5) is 5.69 Å². The van der Waals surface area contributed by atoms with Crippen molar-refractivity contribution in [1.82, 2.24) is 0 Å². The maximum atomic E-state index is 6.26.